The molecule has 0 amide bonds. The van der Waals surface area contributed by atoms with Crippen LogP contribution in [-0.4, -0.2) is 11.7 Å². The number of anilines is 1. The molecular formula is C12H15N2O2-. The molecule has 0 aliphatic heterocycles. The predicted molar refractivity (Wildman–Crippen MR) is 62.4 cm³/mol. The van der Waals surface area contributed by atoms with E-state index in [0.717, 1.165) is 18.6 Å². The minimum Gasteiger partial charge on any atom is -0.545 e. The number of nitrogens with zero attached hydrogens (tertiary/aromatic N) is 1. The molecule has 0 saturated heterocycles. The van der Waals surface area contributed by atoms with Crippen LogP contribution >= 0.6 is 0 Å². The van der Waals surface area contributed by atoms with Gasteiger partial charge in [0.2, 0.25) is 0 Å². The molecule has 4 heteroatoms. The van der Waals surface area contributed by atoms with E-state index in [9.17, 15) is 9.90 Å². The number of hydrogen-bond donors (Lipinski definition) is 1. The molecule has 86 valence electrons. The lowest BCUT2D eigenvalue weighted by molar-refractivity contribution is -0.255. The lowest BCUT2D eigenvalue weighted by Gasteiger charge is -2.06. The van der Waals surface area contributed by atoms with E-state index < -0.39 is 5.97 Å². The van der Waals surface area contributed by atoms with Crippen LogP contribution in [0.2, 0.25) is 0 Å². The minimum absolute atomic E-state index is 0.148. The van der Waals surface area contributed by atoms with E-state index in [2.05, 4.69) is 10.5 Å². The van der Waals surface area contributed by atoms with Crippen LogP contribution in [0.4, 0.5) is 5.69 Å². The summed E-state index contributed by atoms with van der Waals surface area (Å²) >= 11 is 0. The fourth-order valence-electron chi connectivity index (χ4n) is 1.27. The zero-order valence-electron chi connectivity index (χ0n) is 9.49. The smallest absolute Gasteiger partial charge is 0.0716 e. The van der Waals surface area contributed by atoms with Gasteiger partial charge < -0.3 is 9.90 Å². The molecule has 1 N–H and O–H groups in total. The summed E-state index contributed by atoms with van der Waals surface area (Å²) < 4.78 is 0. The van der Waals surface area contributed by atoms with E-state index >= 15 is 0 Å². The predicted octanol–water partition coefficient (Wildman–Crippen LogP) is 1.64. The van der Waals surface area contributed by atoms with E-state index in [0.29, 0.717) is 5.69 Å². The molecule has 0 radical (unpaired) electrons. The largest absolute Gasteiger partial charge is 0.545 e. The van der Waals surface area contributed by atoms with E-state index in [1.54, 1.807) is 12.1 Å². The molecule has 0 saturated carbocycles. The number of rotatable bonds is 5. The Morgan fingerprint density at radius 1 is 1.38 bits per heavy atom. The van der Waals surface area contributed by atoms with Crippen molar-refractivity contribution in [1.82, 2.24) is 0 Å². The zero-order chi connectivity index (χ0) is 12.0. The number of carbonyl (C=O) groups is 1. The van der Waals surface area contributed by atoms with E-state index in [1.165, 1.54) is 12.1 Å². The third-order valence-electron chi connectivity index (χ3n) is 2.26. The van der Waals surface area contributed by atoms with Crippen LogP contribution in [0.25, 0.3) is 0 Å². The SMILES string of the molecule is CCC(CC)=NNc1cccc(C(=O)[O-])c1. The second kappa shape index (κ2) is 5.90. The van der Waals surface area contributed by atoms with Crippen LogP contribution in [0, 0.1) is 0 Å². The first-order chi connectivity index (χ1) is 7.67. The van der Waals surface area contributed by atoms with E-state index in [-0.39, 0.29) is 5.56 Å². The highest BCUT2D eigenvalue weighted by Gasteiger charge is 1.96. The summed E-state index contributed by atoms with van der Waals surface area (Å²) in [5.41, 5.74) is 4.68. The Morgan fingerprint density at radius 2 is 2.06 bits per heavy atom. The number of nitrogens with one attached hydrogen (secondary N) is 1. The minimum atomic E-state index is -1.18. The summed E-state index contributed by atoms with van der Waals surface area (Å²) in [6.07, 6.45) is 1.76. The highest BCUT2D eigenvalue weighted by atomic mass is 16.4. The van der Waals surface area contributed by atoms with Crippen molar-refractivity contribution < 1.29 is 9.90 Å². The maximum Gasteiger partial charge on any atom is 0.0716 e. The molecule has 0 heterocycles. The number of hydrazone groups is 1. The van der Waals surface area contributed by atoms with Gasteiger partial charge in [0, 0.05) is 5.71 Å². The van der Waals surface area contributed by atoms with Gasteiger partial charge in [-0.15, -0.1) is 0 Å². The molecule has 16 heavy (non-hydrogen) atoms. The third kappa shape index (κ3) is 3.38. The molecule has 4 nitrogen and oxygen atoms in total. The van der Waals surface area contributed by atoms with Gasteiger partial charge in [0.25, 0.3) is 0 Å². The van der Waals surface area contributed by atoms with Crippen LogP contribution in [0.1, 0.15) is 37.0 Å². The Hall–Kier alpha value is -1.84. The van der Waals surface area contributed by atoms with Gasteiger partial charge in [-0.05, 0) is 30.5 Å². The standard InChI is InChI=1S/C12H16N2O2/c1-3-10(4-2)13-14-11-7-5-6-9(8-11)12(15)16/h5-8,14H,3-4H2,1-2H3,(H,15,16)/p-1. The van der Waals surface area contributed by atoms with Crippen molar-refractivity contribution in [3.8, 4) is 0 Å². The number of aromatic carboxylic acids is 1. The highest BCUT2D eigenvalue weighted by molar-refractivity contribution is 5.87. The van der Waals surface area contributed by atoms with Gasteiger partial charge in [0.15, 0.2) is 0 Å². The Morgan fingerprint density at radius 3 is 2.62 bits per heavy atom. The fourth-order valence-corrected chi connectivity index (χ4v) is 1.27. The highest BCUT2D eigenvalue weighted by Crippen LogP contribution is 2.10. The van der Waals surface area contributed by atoms with Gasteiger partial charge >= 0.3 is 0 Å². The molecule has 0 fully saturated rings. The molecule has 1 aromatic carbocycles. The molecular weight excluding hydrogens is 204 g/mol. The van der Waals surface area contributed by atoms with Crippen LogP contribution in [0.3, 0.4) is 0 Å². The van der Waals surface area contributed by atoms with Gasteiger partial charge in [0.1, 0.15) is 0 Å². The Kier molecular flexibility index (Phi) is 4.51. The molecule has 1 rings (SSSR count). The summed E-state index contributed by atoms with van der Waals surface area (Å²) in [6, 6.07) is 6.41. The second-order valence-electron chi connectivity index (χ2n) is 3.37. The Balaban J connectivity index is 2.78. The summed E-state index contributed by atoms with van der Waals surface area (Å²) in [7, 11) is 0. The van der Waals surface area contributed by atoms with Crippen LogP contribution in [0.15, 0.2) is 29.4 Å². The van der Waals surface area contributed by atoms with Gasteiger partial charge in [0.05, 0.1) is 11.7 Å². The van der Waals surface area contributed by atoms with Gasteiger partial charge in [-0.2, -0.15) is 5.10 Å². The van der Waals surface area contributed by atoms with Crippen LogP contribution in [-0.2, 0) is 0 Å². The normalized spacial score (nSPS) is 9.62. The number of benzene rings is 1. The van der Waals surface area contributed by atoms with Crippen LogP contribution in [0.5, 0.6) is 0 Å². The Bertz CT molecular complexity index is 394. The first-order valence-corrected chi connectivity index (χ1v) is 5.30. The van der Waals surface area contributed by atoms with Gasteiger partial charge in [-0.3, -0.25) is 5.43 Å². The van der Waals surface area contributed by atoms with Gasteiger partial charge in [-0.1, -0.05) is 26.0 Å². The van der Waals surface area contributed by atoms with Crippen molar-refractivity contribution in [2.24, 2.45) is 5.10 Å². The molecule has 0 unspecified atom stereocenters. The van der Waals surface area contributed by atoms with Crippen molar-refractivity contribution in [3.63, 3.8) is 0 Å². The quantitative estimate of drug-likeness (QED) is 0.604. The number of hydrogen-bond acceptors (Lipinski definition) is 4. The molecule has 0 atom stereocenters. The van der Waals surface area contributed by atoms with Crippen molar-refractivity contribution in [3.05, 3.63) is 29.8 Å². The molecule has 0 spiro atoms. The summed E-state index contributed by atoms with van der Waals surface area (Å²) in [4.78, 5) is 10.6. The first kappa shape index (κ1) is 12.2. The average molecular weight is 219 g/mol. The summed E-state index contributed by atoms with van der Waals surface area (Å²) in [5, 5.41) is 14.8. The lowest BCUT2D eigenvalue weighted by atomic mass is 10.2. The van der Waals surface area contributed by atoms with Crippen LogP contribution < -0.4 is 10.5 Å². The van der Waals surface area contributed by atoms with Crippen molar-refractivity contribution in [2.75, 3.05) is 5.43 Å². The van der Waals surface area contributed by atoms with Crippen molar-refractivity contribution in [1.29, 1.82) is 0 Å². The van der Waals surface area contributed by atoms with Gasteiger partial charge in [-0.25, -0.2) is 0 Å². The molecule has 0 aliphatic rings. The lowest BCUT2D eigenvalue weighted by Crippen LogP contribution is -2.22. The summed E-state index contributed by atoms with van der Waals surface area (Å²) in [6.45, 7) is 4.06. The maximum absolute atomic E-state index is 10.6. The second-order valence-corrected chi connectivity index (χ2v) is 3.37. The first-order valence-electron chi connectivity index (χ1n) is 5.30. The monoisotopic (exact) mass is 219 g/mol. The number of carbonyl (C=O) groups excluding carboxylic acids is 1. The summed E-state index contributed by atoms with van der Waals surface area (Å²) in [5.74, 6) is -1.18. The molecule has 0 aromatic heterocycles. The Labute approximate surface area is 95.0 Å². The maximum atomic E-state index is 10.6. The molecule has 0 bridgehead atoms. The fraction of sp³-hybridized carbons (Fsp3) is 0.333. The zero-order valence-corrected chi connectivity index (χ0v) is 9.49. The van der Waals surface area contributed by atoms with E-state index in [1.807, 2.05) is 13.8 Å². The third-order valence-corrected chi connectivity index (χ3v) is 2.26. The average Bonchev–Trinajstić information content (AvgIpc) is 2.31. The topological polar surface area (TPSA) is 64.5 Å². The molecule has 0 aliphatic carbocycles. The number of carboxylic acid groups (broad SMARTS) is 1. The van der Waals surface area contributed by atoms with Crippen molar-refractivity contribution in [2.45, 2.75) is 26.7 Å². The van der Waals surface area contributed by atoms with E-state index in [4.69, 9.17) is 0 Å². The molecule has 1 aromatic rings. The van der Waals surface area contributed by atoms with Crippen molar-refractivity contribution >= 4 is 17.4 Å². The number of carboxylic acids is 1.